The first-order chi connectivity index (χ1) is 9.44. The summed E-state index contributed by atoms with van der Waals surface area (Å²) in [7, 11) is 0. The average Bonchev–Trinajstić information content (AvgIpc) is 2.38. The van der Waals surface area contributed by atoms with Crippen LogP contribution < -0.4 is 10.7 Å². The molecule has 2 rings (SSSR count). The summed E-state index contributed by atoms with van der Waals surface area (Å²) in [4.78, 5) is 14.3. The minimum absolute atomic E-state index is 0.354. The Hall–Kier alpha value is -0.850. The molecule has 0 atom stereocenters. The number of hydrogen-bond acceptors (Lipinski definition) is 5. The summed E-state index contributed by atoms with van der Waals surface area (Å²) in [6, 6.07) is 0.708. The van der Waals surface area contributed by atoms with Crippen LogP contribution in [0.4, 0.5) is 4.79 Å². The Kier molecular flexibility index (Phi) is 5.23. The van der Waals surface area contributed by atoms with Crippen molar-refractivity contribution in [1.82, 2.24) is 20.7 Å². The molecule has 2 fully saturated rings. The van der Waals surface area contributed by atoms with Gasteiger partial charge in [0.25, 0.3) is 0 Å². The molecule has 0 unspecified atom stereocenters. The monoisotopic (exact) mass is 284 g/mol. The maximum atomic E-state index is 11.7. The molecule has 0 aromatic heterocycles. The quantitative estimate of drug-likeness (QED) is 0.785. The number of amides is 1. The predicted octanol–water partition coefficient (Wildman–Crippen LogP) is 0.796. The van der Waals surface area contributed by atoms with E-state index in [2.05, 4.69) is 15.6 Å². The Morgan fingerprint density at radius 3 is 2.30 bits per heavy atom. The van der Waals surface area contributed by atoms with Gasteiger partial charge in [-0.2, -0.15) is 0 Å². The zero-order chi connectivity index (χ0) is 14.6. The van der Waals surface area contributed by atoms with Crippen molar-refractivity contribution in [3.63, 3.8) is 0 Å². The Morgan fingerprint density at radius 2 is 1.75 bits per heavy atom. The van der Waals surface area contributed by atoms with Crippen LogP contribution >= 0.6 is 0 Å². The molecule has 2 aliphatic rings. The van der Waals surface area contributed by atoms with Crippen molar-refractivity contribution >= 4 is 6.09 Å². The van der Waals surface area contributed by atoms with Gasteiger partial charge < -0.3 is 10.1 Å². The number of ether oxygens (including phenoxy) is 1. The number of piperazine rings is 1. The molecule has 1 amide bonds. The van der Waals surface area contributed by atoms with Gasteiger partial charge >= 0.3 is 6.09 Å². The van der Waals surface area contributed by atoms with Crippen molar-refractivity contribution in [3.05, 3.63) is 0 Å². The Bertz CT molecular complexity index is 316. The molecule has 20 heavy (non-hydrogen) atoms. The lowest BCUT2D eigenvalue weighted by atomic mass is 10.0. The maximum absolute atomic E-state index is 11.7. The zero-order valence-corrected chi connectivity index (χ0v) is 12.9. The fourth-order valence-corrected chi connectivity index (χ4v) is 2.80. The van der Waals surface area contributed by atoms with Crippen LogP contribution in [0.1, 0.15) is 33.6 Å². The maximum Gasteiger partial charge on any atom is 0.422 e. The van der Waals surface area contributed by atoms with Crippen molar-refractivity contribution in [3.8, 4) is 0 Å². The summed E-state index contributed by atoms with van der Waals surface area (Å²) < 4.78 is 5.27. The first kappa shape index (κ1) is 15.5. The molecule has 0 aromatic rings. The number of carbonyl (C=O) groups excluding carboxylic acids is 1. The van der Waals surface area contributed by atoms with Gasteiger partial charge in [-0.3, -0.25) is 10.3 Å². The fourth-order valence-electron chi connectivity index (χ4n) is 2.80. The van der Waals surface area contributed by atoms with Crippen LogP contribution in [-0.2, 0) is 4.74 Å². The van der Waals surface area contributed by atoms with Crippen LogP contribution in [0, 0.1) is 0 Å². The second kappa shape index (κ2) is 6.74. The topological polar surface area (TPSA) is 56.8 Å². The molecular weight excluding hydrogens is 256 g/mol. The molecule has 0 aliphatic carbocycles. The molecule has 6 nitrogen and oxygen atoms in total. The minimum atomic E-state index is -0.443. The number of hydrazine groups is 1. The molecule has 2 aliphatic heterocycles. The average molecular weight is 284 g/mol. The smallest absolute Gasteiger partial charge is 0.422 e. The minimum Gasteiger partial charge on any atom is -0.443 e. The van der Waals surface area contributed by atoms with E-state index in [0.29, 0.717) is 6.04 Å². The largest absolute Gasteiger partial charge is 0.443 e. The van der Waals surface area contributed by atoms with Crippen molar-refractivity contribution < 1.29 is 9.53 Å². The standard InChI is InChI=1S/C14H28N4O2/c1-14(2,3)20-13(19)16-18-10-8-17(9-11-18)12-4-6-15-7-5-12/h12,15H,4-11H2,1-3H3,(H,16,19). The van der Waals surface area contributed by atoms with E-state index >= 15 is 0 Å². The van der Waals surface area contributed by atoms with Crippen LogP contribution in [0.25, 0.3) is 0 Å². The summed E-state index contributed by atoms with van der Waals surface area (Å²) >= 11 is 0. The van der Waals surface area contributed by atoms with Gasteiger partial charge in [-0.05, 0) is 46.7 Å². The van der Waals surface area contributed by atoms with E-state index in [4.69, 9.17) is 4.74 Å². The summed E-state index contributed by atoms with van der Waals surface area (Å²) in [5, 5.41) is 5.36. The SMILES string of the molecule is CC(C)(C)OC(=O)NN1CCN(C2CCNCC2)CC1. The van der Waals surface area contributed by atoms with Crippen LogP contribution in [0.2, 0.25) is 0 Å². The van der Waals surface area contributed by atoms with Gasteiger partial charge in [0.15, 0.2) is 0 Å². The predicted molar refractivity (Wildman–Crippen MR) is 78.4 cm³/mol. The third kappa shape index (κ3) is 4.92. The second-order valence-corrected chi connectivity index (χ2v) is 6.62. The molecule has 0 radical (unpaired) electrons. The van der Waals surface area contributed by atoms with Crippen molar-refractivity contribution in [2.24, 2.45) is 0 Å². The number of nitrogens with zero attached hydrogens (tertiary/aromatic N) is 2. The molecule has 2 heterocycles. The van der Waals surface area contributed by atoms with E-state index < -0.39 is 5.60 Å². The third-order valence-electron chi connectivity index (χ3n) is 3.79. The lowest BCUT2D eigenvalue weighted by Crippen LogP contribution is -2.57. The number of piperidine rings is 1. The van der Waals surface area contributed by atoms with Gasteiger partial charge in [0, 0.05) is 32.2 Å². The van der Waals surface area contributed by atoms with E-state index in [1.54, 1.807) is 0 Å². The Balaban J connectivity index is 1.70. The van der Waals surface area contributed by atoms with Crippen LogP contribution in [0.15, 0.2) is 0 Å². The number of hydrogen-bond donors (Lipinski definition) is 2. The van der Waals surface area contributed by atoms with Gasteiger partial charge in [0.2, 0.25) is 0 Å². The normalized spacial score (nSPS) is 23.6. The number of carbonyl (C=O) groups is 1. The highest BCUT2D eigenvalue weighted by Gasteiger charge is 2.26. The third-order valence-corrected chi connectivity index (χ3v) is 3.79. The van der Waals surface area contributed by atoms with E-state index in [1.165, 1.54) is 12.8 Å². The van der Waals surface area contributed by atoms with E-state index in [-0.39, 0.29) is 6.09 Å². The molecule has 116 valence electrons. The molecule has 0 spiro atoms. The van der Waals surface area contributed by atoms with Gasteiger partial charge in [-0.25, -0.2) is 9.80 Å². The first-order valence-electron chi connectivity index (χ1n) is 7.63. The molecule has 0 saturated carbocycles. The van der Waals surface area contributed by atoms with Crippen LogP contribution in [-0.4, -0.2) is 66.9 Å². The lowest BCUT2D eigenvalue weighted by Gasteiger charge is -2.40. The van der Waals surface area contributed by atoms with Crippen LogP contribution in [0.3, 0.4) is 0 Å². The first-order valence-corrected chi connectivity index (χ1v) is 7.63. The van der Waals surface area contributed by atoms with Gasteiger partial charge in [0.1, 0.15) is 5.60 Å². The Morgan fingerprint density at radius 1 is 1.15 bits per heavy atom. The molecule has 6 heteroatoms. The zero-order valence-electron chi connectivity index (χ0n) is 12.9. The molecule has 2 saturated heterocycles. The van der Waals surface area contributed by atoms with E-state index in [0.717, 1.165) is 39.3 Å². The number of nitrogens with one attached hydrogen (secondary N) is 2. The Labute approximate surface area is 121 Å². The van der Waals surface area contributed by atoms with Gasteiger partial charge in [-0.15, -0.1) is 0 Å². The highest BCUT2D eigenvalue weighted by molar-refractivity contribution is 5.67. The summed E-state index contributed by atoms with van der Waals surface area (Å²) in [6.07, 6.45) is 2.12. The van der Waals surface area contributed by atoms with Gasteiger partial charge in [-0.1, -0.05) is 0 Å². The second-order valence-electron chi connectivity index (χ2n) is 6.62. The summed E-state index contributed by atoms with van der Waals surface area (Å²) in [5.41, 5.74) is 2.39. The summed E-state index contributed by atoms with van der Waals surface area (Å²) in [6.45, 7) is 11.6. The molecule has 0 bridgehead atoms. The highest BCUT2D eigenvalue weighted by Crippen LogP contribution is 2.14. The molecular formula is C14H28N4O2. The number of rotatable bonds is 2. The fraction of sp³-hybridized carbons (Fsp3) is 0.929. The van der Waals surface area contributed by atoms with Crippen molar-refractivity contribution in [2.75, 3.05) is 39.3 Å². The molecule has 0 aromatic carbocycles. The molecule has 2 N–H and O–H groups in total. The van der Waals surface area contributed by atoms with Crippen molar-refractivity contribution in [1.29, 1.82) is 0 Å². The highest BCUT2D eigenvalue weighted by atomic mass is 16.6. The van der Waals surface area contributed by atoms with E-state index in [1.807, 2.05) is 25.8 Å². The van der Waals surface area contributed by atoms with Crippen molar-refractivity contribution in [2.45, 2.75) is 45.3 Å². The van der Waals surface area contributed by atoms with Gasteiger partial charge in [0.05, 0.1) is 0 Å². The summed E-state index contributed by atoms with van der Waals surface area (Å²) in [5.74, 6) is 0. The van der Waals surface area contributed by atoms with Crippen LogP contribution in [0.5, 0.6) is 0 Å². The van der Waals surface area contributed by atoms with E-state index in [9.17, 15) is 4.79 Å². The lowest BCUT2D eigenvalue weighted by molar-refractivity contribution is 0.0148.